The van der Waals surface area contributed by atoms with Crippen molar-refractivity contribution in [1.82, 2.24) is 0 Å². The Morgan fingerprint density at radius 3 is 2.03 bits per heavy atom. The van der Waals surface area contributed by atoms with E-state index in [-0.39, 0.29) is 36.5 Å². The summed E-state index contributed by atoms with van der Waals surface area (Å²) in [6, 6.07) is 18.2. The van der Waals surface area contributed by atoms with Crippen LogP contribution in [0.3, 0.4) is 0 Å². The highest BCUT2D eigenvalue weighted by Crippen LogP contribution is 2.25. The molecule has 3 rings (SSSR count). The zero-order valence-corrected chi connectivity index (χ0v) is 20.9. The largest absolute Gasteiger partial charge is 0.497 e. The topological polar surface area (TPSA) is 146 Å². The normalized spacial score (nSPS) is 10.3. The highest BCUT2D eigenvalue weighted by Gasteiger charge is 2.14. The first-order valence-corrected chi connectivity index (χ1v) is 11.7. The molecule has 0 atom stereocenters. The van der Waals surface area contributed by atoms with E-state index in [2.05, 4.69) is 10.6 Å². The molecule has 3 aromatic rings. The highest BCUT2D eigenvalue weighted by atomic mass is 16.6. The number of aryl methyl sites for hydroxylation is 1. The van der Waals surface area contributed by atoms with Crippen molar-refractivity contribution in [3.63, 3.8) is 0 Å². The third kappa shape index (κ3) is 8.63. The van der Waals surface area contributed by atoms with Crippen LogP contribution in [0.2, 0.25) is 0 Å². The zero-order chi connectivity index (χ0) is 27.5. The standard InChI is InChI=1S/C27H27N3O8/c1-18-6-7-20(16-24(18)30(34)35)29-26(32)17-37-27(33)5-3-4-25(31)28-19-8-10-22(11-9-19)38-23-14-12-21(36-2)13-15-23/h6-16H,3-5,17H2,1-2H3,(H,28,31)(H,29,32). The van der Waals surface area contributed by atoms with Gasteiger partial charge in [-0.3, -0.25) is 24.5 Å². The van der Waals surface area contributed by atoms with Crippen LogP contribution in [0.25, 0.3) is 0 Å². The number of amides is 2. The van der Waals surface area contributed by atoms with Crippen LogP contribution in [0.4, 0.5) is 17.1 Å². The number of methoxy groups -OCH3 is 1. The number of anilines is 2. The lowest BCUT2D eigenvalue weighted by molar-refractivity contribution is -0.385. The minimum absolute atomic E-state index is 0.0503. The second kappa shape index (κ2) is 13.4. The molecule has 0 unspecified atom stereocenters. The molecular weight excluding hydrogens is 494 g/mol. The summed E-state index contributed by atoms with van der Waals surface area (Å²) in [5.41, 5.74) is 1.13. The third-order valence-electron chi connectivity index (χ3n) is 5.27. The molecule has 0 spiro atoms. The molecule has 0 aliphatic heterocycles. The predicted octanol–water partition coefficient (Wildman–Crippen LogP) is 4.99. The first kappa shape index (κ1) is 27.7. The lowest BCUT2D eigenvalue weighted by Gasteiger charge is -2.09. The van der Waals surface area contributed by atoms with Crippen molar-refractivity contribution >= 4 is 34.8 Å². The molecule has 0 saturated carbocycles. The van der Waals surface area contributed by atoms with Crippen molar-refractivity contribution in [3.8, 4) is 17.2 Å². The summed E-state index contributed by atoms with van der Waals surface area (Å²) in [7, 11) is 1.59. The van der Waals surface area contributed by atoms with Gasteiger partial charge in [-0.25, -0.2) is 0 Å². The second-order valence-corrected chi connectivity index (χ2v) is 8.17. The van der Waals surface area contributed by atoms with Gasteiger partial charge in [0.15, 0.2) is 6.61 Å². The molecule has 0 radical (unpaired) electrons. The van der Waals surface area contributed by atoms with E-state index in [4.69, 9.17) is 14.2 Å². The summed E-state index contributed by atoms with van der Waals surface area (Å²) < 4.78 is 15.8. The van der Waals surface area contributed by atoms with Crippen LogP contribution in [-0.2, 0) is 19.1 Å². The number of esters is 1. The first-order chi connectivity index (χ1) is 18.2. The van der Waals surface area contributed by atoms with E-state index in [0.29, 0.717) is 22.7 Å². The number of nitrogens with zero attached hydrogens (tertiary/aromatic N) is 1. The summed E-state index contributed by atoms with van der Waals surface area (Å²) >= 11 is 0. The van der Waals surface area contributed by atoms with Gasteiger partial charge in [0.05, 0.1) is 12.0 Å². The molecule has 0 bridgehead atoms. The molecule has 38 heavy (non-hydrogen) atoms. The van der Waals surface area contributed by atoms with Crippen molar-refractivity contribution in [1.29, 1.82) is 0 Å². The molecule has 11 heteroatoms. The number of hydrogen-bond acceptors (Lipinski definition) is 8. The second-order valence-electron chi connectivity index (χ2n) is 8.17. The quantitative estimate of drug-likeness (QED) is 0.192. The lowest BCUT2D eigenvalue weighted by atomic mass is 10.2. The molecule has 0 heterocycles. The van der Waals surface area contributed by atoms with E-state index < -0.39 is 23.4 Å². The first-order valence-electron chi connectivity index (χ1n) is 11.7. The molecule has 2 N–H and O–H groups in total. The van der Waals surface area contributed by atoms with Gasteiger partial charge in [0.25, 0.3) is 11.6 Å². The van der Waals surface area contributed by atoms with E-state index in [1.807, 2.05) is 0 Å². The maximum Gasteiger partial charge on any atom is 0.306 e. The van der Waals surface area contributed by atoms with E-state index in [9.17, 15) is 24.5 Å². The van der Waals surface area contributed by atoms with E-state index in [1.165, 1.54) is 18.2 Å². The van der Waals surface area contributed by atoms with E-state index in [1.54, 1.807) is 62.6 Å². The third-order valence-corrected chi connectivity index (χ3v) is 5.27. The number of ether oxygens (including phenoxy) is 3. The number of carbonyl (C=O) groups excluding carboxylic acids is 3. The van der Waals surface area contributed by atoms with Gasteiger partial charge in [0, 0.05) is 35.8 Å². The van der Waals surface area contributed by atoms with Crippen LogP contribution in [0, 0.1) is 17.0 Å². The van der Waals surface area contributed by atoms with Gasteiger partial charge in [-0.05, 0) is 67.9 Å². The van der Waals surface area contributed by atoms with Crippen molar-refractivity contribution < 1.29 is 33.5 Å². The number of nitro groups is 1. The zero-order valence-electron chi connectivity index (χ0n) is 20.9. The monoisotopic (exact) mass is 521 g/mol. The predicted molar refractivity (Wildman–Crippen MR) is 139 cm³/mol. The van der Waals surface area contributed by atoms with Crippen LogP contribution >= 0.6 is 0 Å². The van der Waals surface area contributed by atoms with Gasteiger partial charge in [-0.2, -0.15) is 0 Å². The highest BCUT2D eigenvalue weighted by molar-refractivity contribution is 5.93. The fourth-order valence-electron chi connectivity index (χ4n) is 3.30. The van der Waals surface area contributed by atoms with Gasteiger partial charge in [-0.1, -0.05) is 6.07 Å². The van der Waals surface area contributed by atoms with Crippen LogP contribution in [0.1, 0.15) is 24.8 Å². The molecule has 3 aromatic carbocycles. The minimum Gasteiger partial charge on any atom is -0.497 e. The molecular formula is C27H27N3O8. The molecule has 2 amide bonds. The van der Waals surface area contributed by atoms with Gasteiger partial charge in [-0.15, -0.1) is 0 Å². The molecule has 0 fully saturated rings. The number of hydrogen-bond donors (Lipinski definition) is 2. The van der Waals surface area contributed by atoms with E-state index in [0.717, 1.165) is 5.75 Å². The molecule has 0 aliphatic carbocycles. The van der Waals surface area contributed by atoms with Gasteiger partial charge < -0.3 is 24.8 Å². The summed E-state index contributed by atoms with van der Waals surface area (Å²) in [6.45, 7) is 1.04. The molecule has 0 saturated heterocycles. The molecule has 198 valence electrons. The Bertz CT molecular complexity index is 1290. The van der Waals surface area contributed by atoms with Crippen molar-refractivity contribution in [3.05, 3.63) is 82.4 Å². The van der Waals surface area contributed by atoms with Gasteiger partial charge in [0.2, 0.25) is 5.91 Å². The van der Waals surface area contributed by atoms with Crippen molar-refractivity contribution in [2.45, 2.75) is 26.2 Å². The molecule has 11 nitrogen and oxygen atoms in total. The number of carbonyl (C=O) groups is 3. The Morgan fingerprint density at radius 1 is 0.816 bits per heavy atom. The summed E-state index contributed by atoms with van der Waals surface area (Å²) in [5.74, 6) is 0.422. The fraction of sp³-hybridized carbons (Fsp3) is 0.222. The number of nitrogens with one attached hydrogen (secondary N) is 2. The number of nitro benzene ring substituents is 1. The van der Waals surface area contributed by atoms with Crippen LogP contribution < -0.4 is 20.1 Å². The SMILES string of the molecule is COc1ccc(Oc2ccc(NC(=O)CCCC(=O)OCC(=O)Nc3ccc(C)c([N+](=O)[O-])c3)cc2)cc1. The fourth-order valence-corrected chi connectivity index (χ4v) is 3.30. The summed E-state index contributed by atoms with van der Waals surface area (Å²) in [5, 5.41) is 16.2. The van der Waals surface area contributed by atoms with Crippen LogP contribution in [-0.4, -0.2) is 36.4 Å². The minimum atomic E-state index is -0.636. The Hall–Kier alpha value is -4.93. The average molecular weight is 522 g/mol. The van der Waals surface area contributed by atoms with Crippen LogP contribution in [0.5, 0.6) is 17.2 Å². The van der Waals surface area contributed by atoms with Gasteiger partial charge in [0.1, 0.15) is 17.2 Å². The van der Waals surface area contributed by atoms with Gasteiger partial charge >= 0.3 is 5.97 Å². The van der Waals surface area contributed by atoms with Crippen molar-refractivity contribution in [2.75, 3.05) is 24.4 Å². The van der Waals surface area contributed by atoms with E-state index >= 15 is 0 Å². The lowest BCUT2D eigenvalue weighted by Crippen LogP contribution is -2.21. The average Bonchev–Trinajstić information content (AvgIpc) is 2.90. The van der Waals surface area contributed by atoms with Crippen LogP contribution in [0.15, 0.2) is 66.7 Å². The Kier molecular flexibility index (Phi) is 9.75. The maximum atomic E-state index is 12.2. The number of benzene rings is 3. The maximum absolute atomic E-state index is 12.2. The smallest absolute Gasteiger partial charge is 0.306 e. The molecule has 0 aliphatic rings. The summed E-state index contributed by atoms with van der Waals surface area (Å²) in [4.78, 5) is 46.5. The Balaban J connectivity index is 1.34. The number of rotatable bonds is 12. The Labute approximate surface area is 218 Å². The molecule has 0 aromatic heterocycles. The Morgan fingerprint density at radius 2 is 1.39 bits per heavy atom. The summed E-state index contributed by atoms with van der Waals surface area (Å²) in [6.07, 6.45) is 0.263. The van der Waals surface area contributed by atoms with Crippen molar-refractivity contribution in [2.24, 2.45) is 0 Å².